The van der Waals surface area contributed by atoms with Gasteiger partial charge >= 0.3 is 0 Å². The molecule has 0 aliphatic heterocycles. The second-order valence-electron chi connectivity index (χ2n) is 3.36. The predicted molar refractivity (Wildman–Crippen MR) is 64.5 cm³/mol. The molecule has 0 bridgehead atoms. The van der Waals surface area contributed by atoms with Gasteiger partial charge in [0.1, 0.15) is 5.75 Å². The molecule has 0 spiro atoms. The van der Waals surface area contributed by atoms with E-state index in [2.05, 4.69) is 21.2 Å². The Morgan fingerprint density at radius 2 is 2.27 bits per heavy atom. The van der Waals surface area contributed by atoms with Gasteiger partial charge in [0.05, 0.1) is 4.83 Å². The number of hydrogen-bond acceptors (Lipinski definition) is 2. The number of phenols is 1. The van der Waals surface area contributed by atoms with E-state index in [1.165, 1.54) is 0 Å². The van der Waals surface area contributed by atoms with Gasteiger partial charge in [0.25, 0.3) is 0 Å². The molecule has 1 aromatic rings. The molecule has 2 N–H and O–H groups in total. The summed E-state index contributed by atoms with van der Waals surface area (Å²) in [5, 5.41) is 12.0. The first kappa shape index (κ1) is 12.0. The molecule has 1 aromatic carbocycles. The first-order chi connectivity index (χ1) is 7.04. The van der Waals surface area contributed by atoms with E-state index >= 15 is 0 Å². The highest BCUT2D eigenvalue weighted by Gasteiger charge is 2.13. The Bertz CT molecular complexity index is 366. The monoisotopic (exact) mass is 271 g/mol. The number of rotatable bonds is 3. The molecule has 1 atom stereocenters. The fourth-order valence-corrected chi connectivity index (χ4v) is 1.30. The summed E-state index contributed by atoms with van der Waals surface area (Å²) in [4.78, 5) is 11.4. The molecule has 0 fully saturated rings. The van der Waals surface area contributed by atoms with Crippen LogP contribution in [0, 0.1) is 6.92 Å². The summed E-state index contributed by atoms with van der Waals surface area (Å²) in [5.41, 5.74) is 1.58. The molecule has 0 heterocycles. The second-order valence-corrected chi connectivity index (χ2v) is 4.47. The van der Waals surface area contributed by atoms with Crippen molar-refractivity contribution in [3.63, 3.8) is 0 Å². The zero-order valence-electron chi connectivity index (χ0n) is 8.75. The van der Waals surface area contributed by atoms with E-state index in [1.54, 1.807) is 18.2 Å². The summed E-state index contributed by atoms with van der Waals surface area (Å²) in [6.07, 6.45) is 0.739. The third-order valence-electron chi connectivity index (χ3n) is 2.11. The van der Waals surface area contributed by atoms with Crippen LogP contribution >= 0.6 is 15.9 Å². The van der Waals surface area contributed by atoms with Crippen molar-refractivity contribution in [3.05, 3.63) is 23.8 Å². The number of anilines is 1. The Morgan fingerprint density at radius 1 is 1.60 bits per heavy atom. The summed E-state index contributed by atoms with van der Waals surface area (Å²) >= 11 is 3.28. The van der Waals surface area contributed by atoms with Gasteiger partial charge in [0, 0.05) is 5.69 Å². The fourth-order valence-electron chi connectivity index (χ4n) is 1.18. The van der Waals surface area contributed by atoms with Crippen LogP contribution in [-0.4, -0.2) is 15.8 Å². The van der Waals surface area contributed by atoms with Gasteiger partial charge in [-0.2, -0.15) is 0 Å². The predicted octanol–water partition coefficient (Wildman–Crippen LogP) is 2.81. The maximum atomic E-state index is 11.6. The van der Waals surface area contributed by atoms with Gasteiger partial charge < -0.3 is 10.4 Å². The highest BCUT2D eigenvalue weighted by Crippen LogP contribution is 2.21. The normalized spacial score (nSPS) is 12.2. The van der Waals surface area contributed by atoms with Crippen LogP contribution in [0.1, 0.15) is 18.9 Å². The number of aromatic hydroxyl groups is 1. The minimum atomic E-state index is -0.175. The number of carbonyl (C=O) groups is 1. The molecule has 0 aliphatic carbocycles. The topological polar surface area (TPSA) is 49.3 Å². The zero-order valence-corrected chi connectivity index (χ0v) is 10.3. The average molecular weight is 272 g/mol. The lowest BCUT2D eigenvalue weighted by molar-refractivity contribution is -0.115. The smallest absolute Gasteiger partial charge is 0.238 e. The summed E-state index contributed by atoms with van der Waals surface area (Å²) in [6.45, 7) is 3.77. The SMILES string of the molecule is CCC(Br)C(=O)Nc1ccc(O)cc1C. The molecule has 0 saturated carbocycles. The summed E-state index contributed by atoms with van der Waals surface area (Å²) < 4.78 is 0. The van der Waals surface area contributed by atoms with Crippen LogP contribution in [0.2, 0.25) is 0 Å². The minimum absolute atomic E-state index is 0.0636. The number of alkyl halides is 1. The van der Waals surface area contributed by atoms with Gasteiger partial charge in [-0.05, 0) is 37.1 Å². The molecule has 0 aliphatic rings. The van der Waals surface area contributed by atoms with Crippen molar-refractivity contribution < 1.29 is 9.90 Å². The van der Waals surface area contributed by atoms with Crippen molar-refractivity contribution in [2.24, 2.45) is 0 Å². The molecular weight excluding hydrogens is 258 g/mol. The van der Waals surface area contributed by atoms with Crippen molar-refractivity contribution >= 4 is 27.5 Å². The molecule has 1 amide bonds. The van der Waals surface area contributed by atoms with Crippen molar-refractivity contribution in [3.8, 4) is 5.75 Å². The maximum absolute atomic E-state index is 11.6. The standard InChI is InChI=1S/C11H14BrNO2/c1-3-9(12)11(15)13-10-5-4-8(14)6-7(10)2/h4-6,9,14H,3H2,1-2H3,(H,13,15). The number of aryl methyl sites for hydroxylation is 1. The van der Waals surface area contributed by atoms with Crippen LogP contribution in [0.4, 0.5) is 5.69 Å². The highest BCUT2D eigenvalue weighted by molar-refractivity contribution is 9.10. The van der Waals surface area contributed by atoms with E-state index in [0.717, 1.165) is 17.7 Å². The average Bonchev–Trinajstić information content (AvgIpc) is 2.20. The van der Waals surface area contributed by atoms with Gasteiger partial charge in [-0.15, -0.1) is 0 Å². The Labute approximate surface area is 97.6 Å². The minimum Gasteiger partial charge on any atom is -0.508 e. The van der Waals surface area contributed by atoms with Crippen molar-refractivity contribution in [1.29, 1.82) is 0 Å². The molecule has 1 unspecified atom stereocenters. The number of hydrogen-bond donors (Lipinski definition) is 2. The van der Waals surface area contributed by atoms with Crippen LogP contribution in [0.25, 0.3) is 0 Å². The Balaban J connectivity index is 2.77. The summed E-state index contributed by atoms with van der Waals surface area (Å²) in [6, 6.07) is 4.86. The van der Waals surface area contributed by atoms with Gasteiger partial charge in [-0.1, -0.05) is 22.9 Å². The first-order valence-electron chi connectivity index (χ1n) is 4.79. The number of amides is 1. The largest absolute Gasteiger partial charge is 0.508 e. The van der Waals surface area contributed by atoms with E-state index in [0.29, 0.717) is 0 Å². The quantitative estimate of drug-likeness (QED) is 0.656. The van der Waals surface area contributed by atoms with Crippen LogP contribution in [0.5, 0.6) is 5.75 Å². The van der Waals surface area contributed by atoms with Crippen molar-refractivity contribution in [1.82, 2.24) is 0 Å². The Morgan fingerprint density at radius 3 is 2.80 bits per heavy atom. The van der Waals surface area contributed by atoms with Crippen LogP contribution in [0.15, 0.2) is 18.2 Å². The van der Waals surface area contributed by atoms with Crippen LogP contribution < -0.4 is 5.32 Å². The molecule has 0 radical (unpaired) electrons. The van der Waals surface area contributed by atoms with Crippen molar-refractivity contribution in [2.75, 3.05) is 5.32 Å². The highest BCUT2D eigenvalue weighted by atomic mass is 79.9. The number of nitrogens with one attached hydrogen (secondary N) is 1. The number of benzene rings is 1. The van der Waals surface area contributed by atoms with Gasteiger partial charge in [0.15, 0.2) is 0 Å². The maximum Gasteiger partial charge on any atom is 0.238 e. The zero-order chi connectivity index (χ0) is 11.4. The van der Waals surface area contributed by atoms with E-state index in [-0.39, 0.29) is 16.5 Å². The molecule has 82 valence electrons. The summed E-state index contributed by atoms with van der Waals surface area (Å²) in [7, 11) is 0. The molecule has 3 nitrogen and oxygen atoms in total. The first-order valence-corrected chi connectivity index (χ1v) is 5.70. The van der Waals surface area contributed by atoms with E-state index < -0.39 is 0 Å². The molecule has 15 heavy (non-hydrogen) atoms. The number of carbonyl (C=O) groups excluding carboxylic acids is 1. The second kappa shape index (κ2) is 5.16. The third kappa shape index (κ3) is 3.23. The third-order valence-corrected chi connectivity index (χ3v) is 3.17. The lowest BCUT2D eigenvalue weighted by Crippen LogP contribution is -2.22. The van der Waals surface area contributed by atoms with Crippen molar-refractivity contribution in [2.45, 2.75) is 25.1 Å². The van der Waals surface area contributed by atoms with Crippen LogP contribution in [-0.2, 0) is 4.79 Å². The van der Waals surface area contributed by atoms with Crippen LogP contribution in [0.3, 0.4) is 0 Å². The lowest BCUT2D eigenvalue weighted by Gasteiger charge is -2.11. The molecule has 0 saturated heterocycles. The Kier molecular flexibility index (Phi) is 4.15. The Hall–Kier alpha value is -1.03. The fraction of sp³-hybridized carbons (Fsp3) is 0.364. The molecule has 4 heteroatoms. The van der Waals surface area contributed by atoms with E-state index in [9.17, 15) is 9.90 Å². The lowest BCUT2D eigenvalue weighted by atomic mass is 10.2. The van der Waals surface area contributed by atoms with Gasteiger partial charge in [-0.25, -0.2) is 0 Å². The molecule has 1 rings (SSSR count). The van der Waals surface area contributed by atoms with E-state index in [4.69, 9.17) is 0 Å². The molecular formula is C11H14BrNO2. The van der Waals surface area contributed by atoms with E-state index in [1.807, 2.05) is 13.8 Å². The van der Waals surface area contributed by atoms with Gasteiger partial charge in [-0.3, -0.25) is 4.79 Å². The summed E-state index contributed by atoms with van der Waals surface area (Å²) in [5.74, 6) is 0.141. The van der Waals surface area contributed by atoms with Gasteiger partial charge in [0.2, 0.25) is 5.91 Å². The molecule has 0 aromatic heterocycles. The number of phenolic OH excluding ortho intramolecular Hbond substituents is 1. The number of halogens is 1.